The zero-order chi connectivity index (χ0) is 17.8. The molecule has 0 aliphatic carbocycles. The van der Waals surface area contributed by atoms with E-state index in [1.54, 1.807) is 24.3 Å². The minimum atomic E-state index is -1.09. The Labute approximate surface area is 145 Å². The molecule has 7 nitrogen and oxygen atoms in total. The number of hydroxylamine groups is 2. The van der Waals surface area contributed by atoms with Gasteiger partial charge in [-0.3, -0.25) is 9.69 Å². The Morgan fingerprint density at radius 2 is 2.12 bits per heavy atom. The highest BCUT2D eigenvalue weighted by Crippen LogP contribution is 2.26. The third-order valence-electron chi connectivity index (χ3n) is 4.21. The van der Waals surface area contributed by atoms with Gasteiger partial charge in [-0.15, -0.1) is 5.06 Å². The lowest BCUT2D eigenvalue weighted by molar-refractivity contribution is -0.155. The molecule has 0 saturated carbocycles. The Balaban J connectivity index is 1.58. The molecule has 3 rings (SSSR count). The largest absolute Gasteiger partial charge is 0.442 e. The van der Waals surface area contributed by atoms with E-state index in [2.05, 4.69) is 5.32 Å². The molecule has 0 spiro atoms. The van der Waals surface area contributed by atoms with Crippen molar-refractivity contribution in [3.8, 4) is 5.75 Å². The summed E-state index contributed by atoms with van der Waals surface area (Å²) in [6.45, 7) is 2.62. The Hall–Kier alpha value is -2.35. The lowest BCUT2D eigenvalue weighted by Gasteiger charge is -2.29. The molecule has 0 unspecified atom stereocenters. The lowest BCUT2D eigenvalue weighted by Crippen LogP contribution is -2.39. The molecule has 1 N–H and O–H groups in total. The molecule has 2 aliphatic heterocycles. The molecule has 2 saturated heterocycles. The summed E-state index contributed by atoms with van der Waals surface area (Å²) in [5, 5.41) is 3.99. The third kappa shape index (κ3) is 4.39. The fourth-order valence-electron chi connectivity index (χ4n) is 2.89. The highest BCUT2D eigenvalue weighted by atomic mass is 19.1. The maximum atomic E-state index is 13.8. The normalized spacial score (nSPS) is 24.1. The summed E-state index contributed by atoms with van der Waals surface area (Å²) >= 11 is 0. The predicted molar refractivity (Wildman–Crippen MR) is 88.8 cm³/mol. The molecule has 1 aromatic carbocycles. The average molecular weight is 351 g/mol. The van der Waals surface area contributed by atoms with E-state index in [1.165, 1.54) is 16.9 Å². The second kappa shape index (κ2) is 7.69. The number of nitrogens with zero attached hydrogens (tertiary/aromatic N) is 2. The number of carbonyl (C=O) groups is 2. The molecule has 2 fully saturated rings. The summed E-state index contributed by atoms with van der Waals surface area (Å²) in [6.07, 6.45) is 0.339. The van der Waals surface area contributed by atoms with Crippen LogP contribution in [-0.2, 0) is 9.53 Å². The van der Waals surface area contributed by atoms with Crippen molar-refractivity contribution in [3.63, 3.8) is 0 Å². The molecule has 2 heterocycles. The molecule has 2 atom stereocenters. The van der Waals surface area contributed by atoms with Gasteiger partial charge in [0.15, 0.2) is 6.30 Å². The van der Waals surface area contributed by atoms with Crippen LogP contribution < -0.4 is 15.1 Å². The summed E-state index contributed by atoms with van der Waals surface area (Å²) in [5.41, 5.74) is 0.665. The van der Waals surface area contributed by atoms with Gasteiger partial charge in [0.25, 0.3) is 0 Å². The van der Waals surface area contributed by atoms with Crippen molar-refractivity contribution < 1.29 is 23.6 Å². The first-order valence-corrected chi connectivity index (χ1v) is 8.44. The van der Waals surface area contributed by atoms with Gasteiger partial charge in [0.2, 0.25) is 5.91 Å². The van der Waals surface area contributed by atoms with Gasteiger partial charge >= 0.3 is 6.09 Å². The van der Waals surface area contributed by atoms with E-state index in [9.17, 15) is 14.0 Å². The summed E-state index contributed by atoms with van der Waals surface area (Å²) in [5.74, 6) is 0.357. The molecule has 136 valence electrons. The van der Waals surface area contributed by atoms with Crippen molar-refractivity contribution in [1.82, 2.24) is 10.4 Å². The van der Waals surface area contributed by atoms with Crippen LogP contribution in [0.5, 0.6) is 5.75 Å². The third-order valence-corrected chi connectivity index (χ3v) is 4.21. The van der Waals surface area contributed by atoms with Crippen molar-refractivity contribution in [3.05, 3.63) is 24.3 Å². The number of rotatable bonds is 5. The summed E-state index contributed by atoms with van der Waals surface area (Å²) in [7, 11) is 0. The molecule has 2 amide bonds. The van der Waals surface area contributed by atoms with Gasteiger partial charge in [-0.25, -0.2) is 9.18 Å². The van der Waals surface area contributed by atoms with Gasteiger partial charge in [-0.05, 0) is 43.5 Å². The smallest absolute Gasteiger partial charge is 0.414 e. The monoisotopic (exact) mass is 351 g/mol. The molecule has 0 aromatic heterocycles. The minimum Gasteiger partial charge on any atom is -0.442 e. The van der Waals surface area contributed by atoms with Crippen LogP contribution >= 0.6 is 0 Å². The van der Waals surface area contributed by atoms with Gasteiger partial charge in [0.1, 0.15) is 11.9 Å². The van der Waals surface area contributed by atoms with Crippen molar-refractivity contribution in [2.24, 2.45) is 0 Å². The number of hydrogen-bond acceptors (Lipinski definition) is 5. The number of carbonyl (C=O) groups excluding carboxylic acids is 2. The van der Waals surface area contributed by atoms with Crippen LogP contribution in [0.25, 0.3) is 0 Å². The van der Waals surface area contributed by atoms with Crippen LogP contribution in [0.2, 0.25) is 0 Å². The van der Waals surface area contributed by atoms with Crippen molar-refractivity contribution in [2.45, 2.75) is 38.6 Å². The highest BCUT2D eigenvalue weighted by Gasteiger charge is 2.32. The number of ether oxygens (including phenoxy) is 1. The Bertz CT molecular complexity index is 625. The van der Waals surface area contributed by atoms with Gasteiger partial charge in [-0.2, -0.15) is 0 Å². The Kier molecular flexibility index (Phi) is 5.37. The first-order valence-electron chi connectivity index (χ1n) is 8.44. The van der Waals surface area contributed by atoms with Crippen molar-refractivity contribution in [1.29, 1.82) is 0 Å². The number of halogens is 1. The van der Waals surface area contributed by atoms with Crippen LogP contribution in [0.3, 0.4) is 0 Å². The number of cyclic esters (lactones) is 1. The van der Waals surface area contributed by atoms with E-state index in [0.717, 1.165) is 12.8 Å². The fraction of sp³-hybridized carbons (Fsp3) is 0.529. The highest BCUT2D eigenvalue weighted by molar-refractivity contribution is 5.89. The maximum Gasteiger partial charge on any atom is 0.414 e. The number of nitrogens with one attached hydrogen (secondary N) is 1. The summed E-state index contributed by atoms with van der Waals surface area (Å²) in [4.78, 5) is 30.0. The standard InChI is InChI=1S/C17H22FN3O4/c1-12(22)19-10-15-11-20(17(23)24-15)13-5-7-14(8-6-13)25-21-9-3-2-4-16(21)18/h5-8,15-16H,2-4,9-11H2,1H3,(H,19,22)/t15-,16+/m0/s1. The van der Waals surface area contributed by atoms with Crippen LogP contribution in [0.1, 0.15) is 26.2 Å². The van der Waals surface area contributed by atoms with E-state index >= 15 is 0 Å². The number of piperidine rings is 1. The summed E-state index contributed by atoms with van der Waals surface area (Å²) < 4.78 is 19.0. The summed E-state index contributed by atoms with van der Waals surface area (Å²) in [6, 6.07) is 6.86. The Morgan fingerprint density at radius 3 is 2.80 bits per heavy atom. The number of anilines is 1. The first kappa shape index (κ1) is 17.5. The Morgan fingerprint density at radius 1 is 1.36 bits per heavy atom. The van der Waals surface area contributed by atoms with Gasteiger partial charge in [-0.1, -0.05) is 0 Å². The van der Waals surface area contributed by atoms with Crippen LogP contribution in [-0.4, -0.2) is 49.1 Å². The maximum absolute atomic E-state index is 13.8. The zero-order valence-corrected chi connectivity index (χ0v) is 14.1. The average Bonchev–Trinajstić information content (AvgIpc) is 2.97. The van der Waals surface area contributed by atoms with Crippen molar-refractivity contribution in [2.75, 3.05) is 24.5 Å². The van der Waals surface area contributed by atoms with Gasteiger partial charge < -0.3 is 14.9 Å². The number of amides is 2. The van der Waals surface area contributed by atoms with E-state index < -0.39 is 12.4 Å². The molecule has 2 aliphatic rings. The van der Waals surface area contributed by atoms with Gasteiger partial charge in [0.05, 0.1) is 13.1 Å². The van der Waals surface area contributed by atoms with Crippen LogP contribution in [0, 0.1) is 0 Å². The molecule has 8 heteroatoms. The molecule has 0 radical (unpaired) electrons. The second-order valence-corrected chi connectivity index (χ2v) is 6.21. The molecule has 25 heavy (non-hydrogen) atoms. The molecule has 1 aromatic rings. The fourth-order valence-corrected chi connectivity index (χ4v) is 2.89. The molecule has 0 bridgehead atoms. The quantitative estimate of drug-likeness (QED) is 0.824. The first-order chi connectivity index (χ1) is 12.0. The molecular weight excluding hydrogens is 329 g/mol. The number of alkyl halides is 1. The van der Waals surface area contributed by atoms with Gasteiger partial charge in [0, 0.05) is 19.2 Å². The van der Waals surface area contributed by atoms with E-state index in [1.807, 2.05) is 0 Å². The lowest BCUT2D eigenvalue weighted by atomic mass is 10.1. The SMILES string of the molecule is CC(=O)NC[C@H]1CN(c2ccc(ON3CCCC[C@@H]3F)cc2)C(=O)O1. The van der Waals surface area contributed by atoms with Crippen molar-refractivity contribution >= 4 is 17.7 Å². The topological polar surface area (TPSA) is 71.1 Å². The van der Waals surface area contributed by atoms with E-state index in [0.29, 0.717) is 30.9 Å². The van der Waals surface area contributed by atoms with Crippen LogP contribution in [0.4, 0.5) is 14.9 Å². The number of benzene rings is 1. The van der Waals surface area contributed by atoms with Crippen LogP contribution in [0.15, 0.2) is 24.3 Å². The molecular formula is C17H22FN3O4. The zero-order valence-electron chi connectivity index (χ0n) is 14.1. The minimum absolute atomic E-state index is 0.167. The second-order valence-electron chi connectivity index (χ2n) is 6.21. The number of hydrogen-bond donors (Lipinski definition) is 1. The predicted octanol–water partition coefficient (Wildman–Crippen LogP) is 2.22. The van der Waals surface area contributed by atoms with E-state index in [-0.39, 0.29) is 18.6 Å². The van der Waals surface area contributed by atoms with E-state index in [4.69, 9.17) is 9.57 Å².